The zero-order valence-corrected chi connectivity index (χ0v) is 15.6. The van der Waals surface area contributed by atoms with Gasteiger partial charge in [0.15, 0.2) is 0 Å². The lowest BCUT2D eigenvalue weighted by molar-refractivity contribution is -0.0594. The Morgan fingerprint density at radius 3 is 2.08 bits per heavy atom. The monoisotopic (exact) mass is 344 g/mol. The van der Waals surface area contributed by atoms with Crippen LogP contribution in [-0.4, -0.2) is 122 Å². The molecule has 7 nitrogen and oxygen atoms in total. The Labute approximate surface area is 146 Å². The van der Waals surface area contributed by atoms with Gasteiger partial charge in [-0.3, -0.25) is 9.80 Å². The molecule has 0 spiro atoms. The smallest absolute Gasteiger partial charge is 0.142 e. The highest BCUT2D eigenvalue weighted by molar-refractivity contribution is 6.11. The molecule has 0 radical (unpaired) electrons. The van der Waals surface area contributed by atoms with Crippen molar-refractivity contribution in [1.82, 2.24) is 9.80 Å². The van der Waals surface area contributed by atoms with Crippen molar-refractivity contribution in [3.8, 4) is 0 Å². The van der Waals surface area contributed by atoms with Crippen LogP contribution >= 0.6 is 0 Å². The molecule has 4 atom stereocenters. The summed E-state index contributed by atoms with van der Waals surface area (Å²) in [4.78, 5) is 4.91. The number of piperazine rings is 1. The van der Waals surface area contributed by atoms with Crippen LogP contribution < -0.4 is 0 Å². The van der Waals surface area contributed by atoms with Crippen molar-refractivity contribution in [2.24, 2.45) is 0 Å². The van der Waals surface area contributed by atoms with Crippen LogP contribution in [0.2, 0.25) is 0 Å². The SMILES string of the molecule is B[C@@H]1O[C@H](COC)C(OC)[C@@H]1OCCN1CCN(CCOC)CC1. The van der Waals surface area contributed by atoms with Crippen LogP contribution in [0.3, 0.4) is 0 Å². The van der Waals surface area contributed by atoms with Crippen molar-refractivity contribution in [3.63, 3.8) is 0 Å². The zero-order valence-electron chi connectivity index (χ0n) is 15.6. The third kappa shape index (κ3) is 5.66. The molecule has 0 aromatic heterocycles. The second-order valence-electron chi connectivity index (χ2n) is 6.55. The van der Waals surface area contributed by atoms with E-state index in [1.807, 2.05) is 7.85 Å². The molecule has 2 saturated heterocycles. The first-order valence-corrected chi connectivity index (χ1v) is 8.92. The first-order chi connectivity index (χ1) is 11.7. The Bertz CT molecular complexity index is 344. The van der Waals surface area contributed by atoms with Crippen LogP contribution in [0.4, 0.5) is 0 Å². The topological polar surface area (TPSA) is 52.6 Å². The van der Waals surface area contributed by atoms with Gasteiger partial charge < -0.3 is 23.7 Å². The van der Waals surface area contributed by atoms with E-state index < -0.39 is 0 Å². The van der Waals surface area contributed by atoms with E-state index in [9.17, 15) is 0 Å². The molecule has 2 heterocycles. The maximum atomic E-state index is 6.11. The second-order valence-corrected chi connectivity index (χ2v) is 6.55. The largest absolute Gasteiger partial charge is 0.383 e. The summed E-state index contributed by atoms with van der Waals surface area (Å²) in [6.07, 6.45) is -0.145. The molecule has 8 heteroatoms. The molecule has 0 aromatic rings. The molecule has 2 aliphatic heterocycles. The Hall–Kier alpha value is -0.215. The fraction of sp³-hybridized carbons (Fsp3) is 1.00. The Morgan fingerprint density at radius 1 is 0.917 bits per heavy atom. The van der Waals surface area contributed by atoms with Gasteiger partial charge in [-0.05, 0) is 0 Å². The summed E-state index contributed by atoms with van der Waals surface area (Å²) in [6, 6.07) is 0.0287. The van der Waals surface area contributed by atoms with Crippen molar-refractivity contribution in [1.29, 1.82) is 0 Å². The molecular weight excluding hydrogens is 311 g/mol. The molecule has 140 valence electrons. The number of hydrogen-bond acceptors (Lipinski definition) is 7. The first kappa shape index (κ1) is 20.1. The van der Waals surface area contributed by atoms with Crippen molar-refractivity contribution >= 4 is 7.85 Å². The predicted octanol–water partition coefficient (Wildman–Crippen LogP) is -1.34. The molecule has 2 fully saturated rings. The van der Waals surface area contributed by atoms with Gasteiger partial charge in [-0.2, -0.15) is 0 Å². The fourth-order valence-corrected chi connectivity index (χ4v) is 3.50. The van der Waals surface area contributed by atoms with E-state index in [2.05, 4.69) is 9.80 Å². The molecule has 2 aliphatic rings. The molecule has 0 N–H and O–H groups in total. The fourth-order valence-electron chi connectivity index (χ4n) is 3.50. The van der Waals surface area contributed by atoms with Crippen LogP contribution in [0.15, 0.2) is 0 Å². The molecule has 1 unspecified atom stereocenters. The van der Waals surface area contributed by atoms with E-state index in [4.69, 9.17) is 23.7 Å². The summed E-state index contributed by atoms with van der Waals surface area (Å²) in [7, 11) is 7.19. The van der Waals surface area contributed by atoms with Crippen LogP contribution in [-0.2, 0) is 23.7 Å². The lowest BCUT2D eigenvalue weighted by atomic mass is 9.93. The summed E-state index contributed by atoms with van der Waals surface area (Å²) < 4.78 is 28.0. The van der Waals surface area contributed by atoms with E-state index in [-0.39, 0.29) is 24.3 Å². The van der Waals surface area contributed by atoms with Gasteiger partial charge in [-0.25, -0.2) is 0 Å². The number of rotatable bonds is 10. The lowest BCUT2D eigenvalue weighted by Crippen LogP contribution is -2.48. The summed E-state index contributed by atoms with van der Waals surface area (Å²) >= 11 is 0. The Balaban J connectivity index is 1.66. The normalized spacial score (nSPS) is 32.5. The van der Waals surface area contributed by atoms with Crippen LogP contribution in [0.5, 0.6) is 0 Å². The molecule has 0 aliphatic carbocycles. The number of hydrogen-bond donors (Lipinski definition) is 0. The van der Waals surface area contributed by atoms with Gasteiger partial charge in [0.2, 0.25) is 0 Å². The van der Waals surface area contributed by atoms with E-state index in [1.165, 1.54) is 0 Å². The van der Waals surface area contributed by atoms with E-state index in [1.54, 1.807) is 21.3 Å². The van der Waals surface area contributed by atoms with Gasteiger partial charge in [0, 0.05) is 60.6 Å². The third-order valence-electron chi connectivity index (χ3n) is 4.94. The van der Waals surface area contributed by atoms with Gasteiger partial charge in [0.25, 0.3) is 0 Å². The van der Waals surface area contributed by atoms with E-state index >= 15 is 0 Å². The molecule has 0 aromatic carbocycles. The highest BCUT2D eigenvalue weighted by Gasteiger charge is 2.43. The summed E-state index contributed by atoms with van der Waals surface area (Å²) in [5.41, 5.74) is 0. The highest BCUT2D eigenvalue weighted by Crippen LogP contribution is 2.24. The number of nitrogens with zero attached hydrogens (tertiary/aromatic N) is 2. The quantitative estimate of drug-likeness (QED) is 0.455. The van der Waals surface area contributed by atoms with Gasteiger partial charge >= 0.3 is 0 Å². The van der Waals surface area contributed by atoms with Crippen molar-refractivity contribution in [2.45, 2.75) is 24.3 Å². The number of methoxy groups -OCH3 is 3. The maximum absolute atomic E-state index is 6.11. The summed E-state index contributed by atoms with van der Waals surface area (Å²) in [5.74, 6) is 0. The molecular formula is C16H33BN2O5. The van der Waals surface area contributed by atoms with E-state index in [0.29, 0.717) is 13.2 Å². The average Bonchev–Trinajstić information content (AvgIpc) is 2.89. The molecule has 24 heavy (non-hydrogen) atoms. The lowest BCUT2D eigenvalue weighted by Gasteiger charge is -2.34. The van der Waals surface area contributed by atoms with Crippen LogP contribution in [0, 0.1) is 0 Å². The van der Waals surface area contributed by atoms with E-state index in [0.717, 1.165) is 45.9 Å². The van der Waals surface area contributed by atoms with Crippen LogP contribution in [0.1, 0.15) is 0 Å². The van der Waals surface area contributed by atoms with Crippen molar-refractivity contribution < 1.29 is 23.7 Å². The van der Waals surface area contributed by atoms with Gasteiger partial charge in [0.05, 0.1) is 25.8 Å². The minimum atomic E-state index is -0.0640. The minimum absolute atomic E-state index is 0.0287. The number of ether oxygens (including phenoxy) is 5. The summed E-state index contributed by atoms with van der Waals surface area (Å²) in [6.45, 7) is 8.40. The predicted molar refractivity (Wildman–Crippen MR) is 94.4 cm³/mol. The van der Waals surface area contributed by atoms with Crippen LogP contribution in [0.25, 0.3) is 0 Å². The summed E-state index contributed by atoms with van der Waals surface area (Å²) in [5, 5.41) is 0. The van der Waals surface area contributed by atoms with Crippen molar-refractivity contribution in [2.75, 3.05) is 80.4 Å². The molecule has 2 rings (SSSR count). The highest BCUT2D eigenvalue weighted by atomic mass is 16.6. The molecule has 0 saturated carbocycles. The molecule has 0 amide bonds. The minimum Gasteiger partial charge on any atom is -0.383 e. The van der Waals surface area contributed by atoms with Gasteiger partial charge in [-0.15, -0.1) is 0 Å². The van der Waals surface area contributed by atoms with Gasteiger partial charge in [0.1, 0.15) is 26.2 Å². The zero-order chi connectivity index (χ0) is 17.4. The average molecular weight is 344 g/mol. The van der Waals surface area contributed by atoms with Gasteiger partial charge in [-0.1, -0.05) is 0 Å². The third-order valence-corrected chi connectivity index (χ3v) is 4.94. The standard InChI is InChI=1S/C16H33BN2O5/c1-20-10-8-18-4-6-19(7-5-18)9-11-23-15-14(22-3)13(12-21-2)24-16(15)17/h13-16H,4-12,17H2,1-3H3/t13-,14?,15+,16-/m1/s1. The first-order valence-electron chi connectivity index (χ1n) is 8.92. The second kappa shape index (κ2) is 10.7. The Morgan fingerprint density at radius 2 is 1.54 bits per heavy atom. The maximum Gasteiger partial charge on any atom is 0.142 e. The molecule has 0 bridgehead atoms. The van der Waals surface area contributed by atoms with Crippen molar-refractivity contribution in [3.05, 3.63) is 0 Å². The Kier molecular flexibility index (Phi) is 8.96.